The number of fused-ring (bicyclic) bond motifs is 1. The summed E-state index contributed by atoms with van der Waals surface area (Å²) in [6.07, 6.45) is 8.50. The van der Waals surface area contributed by atoms with E-state index in [1.165, 1.54) is 18.4 Å². The number of H-pyrrole nitrogens is 1. The van der Waals surface area contributed by atoms with Crippen LogP contribution in [0.3, 0.4) is 0 Å². The third kappa shape index (κ3) is 4.71. The number of aromatic amines is 1. The molecule has 6 nitrogen and oxygen atoms in total. The normalized spacial score (nSPS) is 13.3. The second kappa shape index (κ2) is 9.24. The molecule has 1 N–H and O–H groups in total. The molecule has 1 fully saturated rings. The van der Waals surface area contributed by atoms with E-state index in [-0.39, 0.29) is 5.91 Å². The fourth-order valence-electron chi connectivity index (χ4n) is 4.13. The Morgan fingerprint density at radius 3 is 2.85 bits per heavy atom. The number of halogens is 1. The number of carbonyl (C=O) groups excluding carboxylic acids is 1. The van der Waals surface area contributed by atoms with Crippen molar-refractivity contribution in [2.45, 2.75) is 19.3 Å². The van der Waals surface area contributed by atoms with Crippen molar-refractivity contribution in [1.82, 2.24) is 19.9 Å². The van der Waals surface area contributed by atoms with Crippen LogP contribution in [0, 0.1) is 5.92 Å². The molecule has 7 heteroatoms. The number of benzene rings is 1. The number of rotatable bonds is 8. The molecule has 5 rings (SSSR count). The first-order chi connectivity index (χ1) is 16.1. The molecule has 0 unspecified atom stereocenters. The topological polar surface area (TPSA) is 71.1 Å². The number of carbonyl (C=O) groups is 1. The van der Waals surface area contributed by atoms with Crippen molar-refractivity contribution in [2.75, 3.05) is 20.2 Å². The molecule has 4 aromatic rings. The van der Waals surface area contributed by atoms with Gasteiger partial charge in [-0.3, -0.25) is 9.78 Å². The summed E-state index contributed by atoms with van der Waals surface area (Å²) in [4.78, 5) is 27.7. The van der Waals surface area contributed by atoms with Crippen molar-refractivity contribution in [3.05, 3.63) is 77.3 Å². The molecule has 0 aliphatic heterocycles. The summed E-state index contributed by atoms with van der Waals surface area (Å²) in [7, 11) is 1.58. The molecule has 1 aliphatic carbocycles. The average Bonchev–Trinajstić information content (AvgIpc) is 3.59. The van der Waals surface area contributed by atoms with Gasteiger partial charge in [0, 0.05) is 64.8 Å². The van der Waals surface area contributed by atoms with Gasteiger partial charge in [-0.1, -0.05) is 23.7 Å². The second-order valence-electron chi connectivity index (χ2n) is 8.44. The van der Waals surface area contributed by atoms with E-state index in [1.807, 2.05) is 47.5 Å². The van der Waals surface area contributed by atoms with Gasteiger partial charge in [0.15, 0.2) is 0 Å². The van der Waals surface area contributed by atoms with Crippen molar-refractivity contribution in [3.8, 4) is 17.0 Å². The van der Waals surface area contributed by atoms with Crippen molar-refractivity contribution in [1.29, 1.82) is 0 Å². The highest BCUT2D eigenvalue weighted by Crippen LogP contribution is 2.31. The van der Waals surface area contributed by atoms with Gasteiger partial charge in [0.2, 0.25) is 5.88 Å². The summed E-state index contributed by atoms with van der Waals surface area (Å²) >= 11 is 6.12. The molecule has 0 saturated heterocycles. The summed E-state index contributed by atoms with van der Waals surface area (Å²) in [5.41, 5.74) is 4.26. The predicted molar refractivity (Wildman–Crippen MR) is 130 cm³/mol. The van der Waals surface area contributed by atoms with Crippen LogP contribution in [-0.4, -0.2) is 46.0 Å². The second-order valence-corrected chi connectivity index (χ2v) is 8.87. The van der Waals surface area contributed by atoms with Gasteiger partial charge in [0.25, 0.3) is 5.91 Å². The molecule has 33 heavy (non-hydrogen) atoms. The van der Waals surface area contributed by atoms with Gasteiger partial charge in [-0.25, -0.2) is 4.98 Å². The number of nitrogens with one attached hydrogen (secondary N) is 1. The van der Waals surface area contributed by atoms with Gasteiger partial charge in [-0.2, -0.15) is 0 Å². The molecule has 0 radical (unpaired) electrons. The number of nitrogens with zero attached hydrogens (tertiary/aromatic N) is 3. The Labute approximate surface area is 197 Å². The van der Waals surface area contributed by atoms with E-state index in [1.54, 1.807) is 25.6 Å². The van der Waals surface area contributed by atoms with Crippen LogP contribution >= 0.6 is 11.6 Å². The van der Waals surface area contributed by atoms with E-state index in [0.717, 1.165) is 35.0 Å². The molecule has 0 spiro atoms. The molecular weight excluding hydrogens is 436 g/mol. The molecule has 3 heterocycles. The van der Waals surface area contributed by atoms with E-state index >= 15 is 0 Å². The van der Waals surface area contributed by atoms with Gasteiger partial charge in [-0.05, 0) is 55.0 Å². The van der Waals surface area contributed by atoms with E-state index < -0.39 is 0 Å². The SMILES string of the molecule is COc1ccc(-c2cccnc2C(=O)N(CCc2c[nH]c3cc(Cl)ccc23)CC2CC2)cn1. The lowest BCUT2D eigenvalue weighted by Crippen LogP contribution is -2.35. The Balaban J connectivity index is 1.40. The Kier molecular flexibility index (Phi) is 6.01. The maximum atomic E-state index is 13.7. The maximum absolute atomic E-state index is 13.7. The van der Waals surface area contributed by atoms with Gasteiger partial charge >= 0.3 is 0 Å². The van der Waals surface area contributed by atoms with Gasteiger partial charge < -0.3 is 14.6 Å². The zero-order valence-corrected chi connectivity index (χ0v) is 19.2. The molecule has 3 aromatic heterocycles. The standard InChI is InChI=1S/C26H25ClN4O2/c1-33-24-9-6-18(15-30-24)22-3-2-11-28-25(22)26(32)31(16-17-4-5-17)12-10-19-14-29-23-13-20(27)7-8-21(19)23/h2-3,6-9,11,13-15,17,29H,4-5,10,12,16H2,1H3. The first kappa shape index (κ1) is 21.5. The third-order valence-electron chi connectivity index (χ3n) is 6.11. The van der Waals surface area contributed by atoms with Crippen LogP contribution in [0.25, 0.3) is 22.0 Å². The molecule has 0 bridgehead atoms. The number of amides is 1. The fourth-order valence-corrected chi connectivity index (χ4v) is 4.30. The minimum atomic E-state index is -0.0452. The van der Waals surface area contributed by atoms with Crippen molar-refractivity contribution >= 4 is 28.4 Å². The smallest absolute Gasteiger partial charge is 0.273 e. The molecule has 0 atom stereocenters. The summed E-state index contributed by atoms with van der Waals surface area (Å²) in [6, 6.07) is 13.3. The Hall–Kier alpha value is -3.38. The maximum Gasteiger partial charge on any atom is 0.273 e. The van der Waals surface area contributed by atoms with E-state index in [0.29, 0.717) is 29.1 Å². The van der Waals surface area contributed by atoms with Gasteiger partial charge in [0.1, 0.15) is 5.69 Å². The zero-order valence-electron chi connectivity index (χ0n) is 18.4. The van der Waals surface area contributed by atoms with Crippen LogP contribution < -0.4 is 4.74 Å². The van der Waals surface area contributed by atoms with Crippen LogP contribution in [0.2, 0.25) is 5.02 Å². The van der Waals surface area contributed by atoms with E-state index in [4.69, 9.17) is 16.3 Å². The molecule has 1 saturated carbocycles. The Morgan fingerprint density at radius 1 is 1.21 bits per heavy atom. The number of hydrogen-bond donors (Lipinski definition) is 1. The number of pyridine rings is 2. The lowest BCUT2D eigenvalue weighted by atomic mass is 10.0. The first-order valence-electron chi connectivity index (χ1n) is 11.1. The largest absolute Gasteiger partial charge is 0.481 e. The quantitative estimate of drug-likeness (QED) is 0.383. The summed E-state index contributed by atoms with van der Waals surface area (Å²) in [5.74, 6) is 1.06. The van der Waals surface area contributed by atoms with E-state index in [9.17, 15) is 4.79 Å². The molecular formula is C26H25ClN4O2. The van der Waals surface area contributed by atoms with Gasteiger partial charge in [0.05, 0.1) is 7.11 Å². The van der Waals surface area contributed by atoms with Crippen LogP contribution in [0.15, 0.2) is 61.1 Å². The Morgan fingerprint density at radius 2 is 2.09 bits per heavy atom. The van der Waals surface area contributed by atoms with E-state index in [2.05, 4.69) is 15.0 Å². The first-order valence-corrected chi connectivity index (χ1v) is 11.5. The lowest BCUT2D eigenvalue weighted by Gasteiger charge is -2.23. The highest BCUT2D eigenvalue weighted by atomic mass is 35.5. The summed E-state index contributed by atoms with van der Waals surface area (Å²) in [5, 5.41) is 1.85. The lowest BCUT2D eigenvalue weighted by molar-refractivity contribution is 0.0744. The van der Waals surface area contributed by atoms with Crippen LogP contribution in [0.1, 0.15) is 28.9 Å². The number of aromatic nitrogens is 3. The minimum Gasteiger partial charge on any atom is -0.481 e. The summed E-state index contributed by atoms with van der Waals surface area (Å²) < 4.78 is 5.16. The van der Waals surface area contributed by atoms with Crippen molar-refractivity contribution in [3.63, 3.8) is 0 Å². The average molecular weight is 461 g/mol. The summed E-state index contributed by atoms with van der Waals surface area (Å²) in [6.45, 7) is 1.38. The third-order valence-corrected chi connectivity index (χ3v) is 6.35. The van der Waals surface area contributed by atoms with Crippen molar-refractivity contribution < 1.29 is 9.53 Å². The van der Waals surface area contributed by atoms with Crippen LogP contribution in [0.4, 0.5) is 0 Å². The fraction of sp³-hybridized carbons (Fsp3) is 0.269. The predicted octanol–water partition coefficient (Wildman–Crippen LogP) is 5.38. The van der Waals surface area contributed by atoms with Crippen molar-refractivity contribution in [2.24, 2.45) is 5.92 Å². The highest BCUT2D eigenvalue weighted by molar-refractivity contribution is 6.31. The highest BCUT2D eigenvalue weighted by Gasteiger charge is 2.29. The molecule has 1 aromatic carbocycles. The van der Waals surface area contributed by atoms with Crippen LogP contribution in [-0.2, 0) is 6.42 Å². The van der Waals surface area contributed by atoms with Crippen LogP contribution in [0.5, 0.6) is 5.88 Å². The minimum absolute atomic E-state index is 0.0452. The number of ether oxygens (including phenoxy) is 1. The zero-order chi connectivity index (χ0) is 22.8. The number of hydrogen-bond acceptors (Lipinski definition) is 4. The number of methoxy groups -OCH3 is 1. The molecule has 1 amide bonds. The molecule has 1 aliphatic rings. The molecule has 168 valence electrons. The van der Waals surface area contributed by atoms with Gasteiger partial charge in [-0.15, -0.1) is 0 Å². The Bertz CT molecular complexity index is 1280. The monoisotopic (exact) mass is 460 g/mol.